The van der Waals surface area contributed by atoms with Crippen molar-refractivity contribution in [3.05, 3.63) is 60.7 Å². The molecule has 1 atom stereocenters. The molecule has 0 spiro atoms. The number of rotatable bonds is 6. The molecule has 0 bridgehead atoms. The first-order valence-electron chi connectivity index (χ1n) is 7.89. The lowest BCUT2D eigenvalue weighted by atomic mass is 9.87. The van der Waals surface area contributed by atoms with Gasteiger partial charge in [0.15, 0.2) is 0 Å². The zero-order chi connectivity index (χ0) is 24.5. The Morgan fingerprint density at radius 1 is 0.710 bits per heavy atom. The van der Waals surface area contributed by atoms with Crippen LogP contribution in [0, 0.1) is 0 Å². The number of esters is 2. The van der Waals surface area contributed by atoms with Gasteiger partial charge in [-0.2, -0.15) is 39.5 Å². The van der Waals surface area contributed by atoms with Crippen LogP contribution in [0.2, 0.25) is 0 Å². The van der Waals surface area contributed by atoms with Crippen molar-refractivity contribution in [2.75, 3.05) is 0 Å². The Labute approximate surface area is 168 Å². The Hall–Kier alpha value is -2.99. The summed E-state index contributed by atoms with van der Waals surface area (Å²) in [6.07, 6.45) is -17.4. The highest BCUT2D eigenvalue weighted by Gasteiger charge is 2.75. The number of hydrogen-bond acceptors (Lipinski definition) is 4. The van der Waals surface area contributed by atoms with Crippen molar-refractivity contribution in [1.82, 2.24) is 0 Å². The molecule has 0 saturated heterocycles. The summed E-state index contributed by atoms with van der Waals surface area (Å²) in [5.41, 5.74) is -11.4. The quantitative estimate of drug-likeness (QED) is 0.328. The summed E-state index contributed by atoms with van der Waals surface area (Å²) >= 11 is 0. The second-order valence-electron chi connectivity index (χ2n) is 6.04. The minimum absolute atomic E-state index is 0.0262. The molecule has 13 heteroatoms. The molecular weight excluding hydrogens is 451 g/mol. The highest BCUT2D eigenvalue weighted by atomic mass is 19.4. The second-order valence-corrected chi connectivity index (χ2v) is 6.04. The maximum absolute atomic E-state index is 13.5. The van der Waals surface area contributed by atoms with E-state index < -0.39 is 52.8 Å². The Morgan fingerprint density at radius 3 is 1.39 bits per heavy atom. The molecule has 31 heavy (non-hydrogen) atoms. The van der Waals surface area contributed by atoms with E-state index in [-0.39, 0.29) is 30.3 Å². The van der Waals surface area contributed by atoms with Crippen LogP contribution in [0.15, 0.2) is 49.6 Å². The van der Waals surface area contributed by atoms with E-state index in [1.807, 2.05) is 0 Å². The van der Waals surface area contributed by atoms with Gasteiger partial charge in [0, 0.05) is 23.3 Å². The van der Waals surface area contributed by atoms with E-state index in [1.165, 1.54) is 0 Å². The number of hydrogen-bond donors (Lipinski definition) is 0. The molecule has 0 saturated carbocycles. The van der Waals surface area contributed by atoms with Gasteiger partial charge in [-0.3, -0.25) is 0 Å². The SMILES string of the molecule is C=CC(=O)OC(C)(c1ccc(C(OC(=O)C=C)(C(F)(F)F)C(F)(F)F)cc1)C(F)(F)F. The lowest BCUT2D eigenvalue weighted by Crippen LogP contribution is -2.56. The van der Waals surface area contributed by atoms with Crippen molar-refractivity contribution in [2.45, 2.75) is 36.7 Å². The van der Waals surface area contributed by atoms with Gasteiger partial charge in [0.25, 0.3) is 0 Å². The molecule has 172 valence electrons. The second kappa shape index (κ2) is 8.27. The molecule has 1 unspecified atom stereocenters. The van der Waals surface area contributed by atoms with E-state index in [4.69, 9.17) is 0 Å². The van der Waals surface area contributed by atoms with Crippen LogP contribution in [0.4, 0.5) is 39.5 Å². The molecule has 0 amide bonds. The van der Waals surface area contributed by atoms with E-state index in [2.05, 4.69) is 22.6 Å². The molecule has 0 N–H and O–H groups in total. The molecule has 4 nitrogen and oxygen atoms in total. The van der Waals surface area contributed by atoms with Gasteiger partial charge < -0.3 is 9.47 Å². The Kier molecular flexibility index (Phi) is 6.95. The first-order valence-corrected chi connectivity index (χ1v) is 7.89. The summed E-state index contributed by atoms with van der Waals surface area (Å²) in [6.45, 7) is 5.96. The number of carbonyl (C=O) groups excluding carboxylic acids is 2. The number of ether oxygens (including phenoxy) is 2. The largest absolute Gasteiger partial charge is 0.442 e. The van der Waals surface area contributed by atoms with E-state index in [0.717, 1.165) is 0 Å². The van der Waals surface area contributed by atoms with Crippen molar-refractivity contribution in [3.8, 4) is 0 Å². The van der Waals surface area contributed by atoms with Crippen molar-refractivity contribution in [1.29, 1.82) is 0 Å². The van der Waals surface area contributed by atoms with Crippen LogP contribution in [0.3, 0.4) is 0 Å². The maximum Gasteiger partial charge on any atom is 0.442 e. The minimum atomic E-state index is -6.26. The van der Waals surface area contributed by atoms with Crippen LogP contribution < -0.4 is 0 Å². The number of halogens is 9. The number of carbonyl (C=O) groups is 2. The van der Waals surface area contributed by atoms with E-state index >= 15 is 0 Å². The van der Waals surface area contributed by atoms with Crippen molar-refractivity contribution in [3.63, 3.8) is 0 Å². The van der Waals surface area contributed by atoms with Crippen molar-refractivity contribution in [2.24, 2.45) is 0 Å². The predicted octanol–water partition coefficient (Wildman–Crippen LogP) is 5.24. The molecule has 0 heterocycles. The highest BCUT2D eigenvalue weighted by molar-refractivity contribution is 5.82. The third-order valence-electron chi connectivity index (χ3n) is 4.07. The summed E-state index contributed by atoms with van der Waals surface area (Å²) in [7, 11) is 0. The molecule has 0 radical (unpaired) electrons. The monoisotopic (exact) mass is 464 g/mol. The zero-order valence-electron chi connectivity index (χ0n) is 15.4. The lowest BCUT2D eigenvalue weighted by molar-refractivity contribution is -0.376. The van der Waals surface area contributed by atoms with Gasteiger partial charge in [-0.1, -0.05) is 37.4 Å². The molecule has 0 aliphatic rings. The fraction of sp³-hybridized carbons (Fsp3) is 0.333. The van der Waals surface area contributed by atoms with Gasteiger partial charge in [-0.05, 0) is 6.92 Å². The minimum Gasteiger partial charge on any atom is -0.442 e. The molecule has 0 aliphatic carbocycles. The summed E-state index contributed by atoms with van der Waals surface area (Å²) in [6, 6.07) is 0.511. The fourth-order valence-electron chi connectivity index (χ4n) is 2.40. The third-order valence-corrected chi connectivity index (χ3v) is 4.07. The molecule has 0 aromatic heterocycles. The fourth-order valence-corrected chi connectivity index (χ4v) is 2.40. The number of alkyl halides is 9. The number of benzene rings is 1. The smallest absolute Gasteiger partial charge is 0.442 e. The van der Waals surface area contributed by atoms with Crippen LogP contribution in [0.5, 0.6) is 0 Å². The average molecular weight is 464 g/mol. The van der Waals surface area contributed by atoms with Crippen LogP contribution >= 0.6 is 0 Å². The van der Waals surface area contributed by atoms with Gasteiger partial charge in [-0.25, -0.2) is 9.59 Å². The molecule has 0 fully saturated rings. The van der Waals surface area contributed by atoms with Gasteiger partial charge in [-0.15, -0.1) is 0 Å². The molecule has 1 aromatic carbocycles. The lowest BCUT2D eigenvalue weighted by Gasteiger charge is -2.37. The Balaban J connectivity index is 3.74. The standard InChI is InChI=1S/C18H13F9O4/c1-4-12(28)30-14(3,16(19,20)21)10-6-8-11(9-7-10)15(17(22,23)24,18(25,26)27)31-13(29)5-2/h4-9H,1-2H2,3H3. The van der Waals surface area contributed by atoms with E-state index in [1.54, 1.807) is 0 Å². The Bertz CT molecular complexity index is 837. The average Bonchev–Trinajstić information content (AvgIpc) is 2.62. The van der Waals surface area contributed by atoms with Crippen LogP contribution in [-0.2, 0) is 30.3 Å². The van der Waals surface area contributed by atoms with Gasteiger partial charge in [0.1, 0.15) is 0 Å². The zero-order valence-corrected chi connectivity index (χ0v) is 15.4. The van der Waals surface area contributed by atoms with Crippen molar-refractivity contribution >= 4 is 11.9 Å². The highest BCUT2D eigenvalue weighted by Crippen LogP contribution is 2.53. The normalized spacial score (nSPS) is 14.9. The maximum atomic E-state index is 13.5. The van der Waals surface area contributed by atoms with E-state index in [0.29, 0.717) is 13.0 Å². The predicted molar refractivity (Wildman–Crippen MR) is 86.2 cm³/mol. The summed E-state index contributed by atoms with van der Waals surface area (Å²) < 4.78 is 129. The summed E-state index contributed by atoms with van der Waals surface area (Å²) in [5, 5.41) is 0. The Morgan fingerprint density at radius 2 is 1.06 bits per heavy atom. The van der Waals surface area contributed by atoms with Gasteiger partial charge in [0.2, 0.25) is 5.60 Å². The molecular formula is C18H13F9O4. The van der Waals surface area contributed by atoms with Crippen LogP contribution in [0.25, 0.3) is 0 Å². The summed E-state index contributed by atoms with van der Waals surface area (Å²) in [5.74, 6) is -3.64. The van der Waals surface area contributed by atoms with Crippen LogP contribution in [-0.4, -0.2) is 30.5 Å². The van der Waals surface area contributed by atoms with Gasteiger partial charge >= 0.3 is 36.1 Å². The first-order chi connectivity index (χ1) is 13.9. The molecule has 0 aliphatic heterocycles. The summed E-state index contributed by atoms with van der Waals surface area (Å²) in [4.78, 5) is 22.5. The van der Waals surface area contributed by atoms with Gasteiger partial charge in [0.05, 0.1) is 0 Å². The first kappa shape index (κ1) is 26.0. The molecule has 1 aromatic rings. The third kappa shape index (κ3) is 4.69. The molecule has 1 rings (SSSR count). The van der Waals surface area contributed by atoms with Crippen molar-refractivity contribution < 1.29 is 58.6 Å². The topological polar surface area (TPSA) is 52.6 Å². The van der Waals surface area contributed by atoms with Crippen LogP contribution in [0.1, 0.15) is 18.1 Å². The van der Waals surface area contributed by atoms with E-state index in [9.17, 15) is 49.1 Å².